The average Bonchev–Trinajstić information content (AvgIpc) is 2.36. The molecular formula is C15H19F2NO2. The number of rotatable bonds is 3. The zero-order chi connectivity index (χ0) is 14.7. The van der Waals surface area contributed by atoms with Gasteiger partial charge < -0.3 is 9.64 Å². The van der Waals surface area contributed by atoms with Crippen molar-refractivity contribution in [1.29, 1.82) is 0 Å². The van der Waals surface area contributed by atoms with Crippen molar-refractivity contribution in [3.63, 3.8) is 0 Å². The van der Waals surface area contributed by atoms with Crippen molar-refractivity contribution < 1.29 is 18.3 Å². The fourth-order valence-electron chi connectivity index (χ4n) is 2.69. The highest BCUT2D eigenvalue weighted by Crippen LogP contribution is 2.22. The van der Waals surface area contributed by atoms with E-state index in [9.17, 15) is 13.6 Å². The molecule has 1 aliphatic heterocycles. The molecule has 1 saturated heterocycles. The van der Waals surface area contributed by atoms with Crippen molar-refractivity contribution in [1.82, 2.24) is 4.90 Å². The third-order valence-corrected chi connectivity index (χ3v) is 3.47. The normalized spacial score (nSPS) is 22.7. The van der Waals surface area contributed by atoms with Crippen LogP contribution in [0.5, 0.6) is 5.75 Å². The summed E-state index contributed by atoms with van der Waals surface area (Å²) >= 11 is 0. The van der Waals surface area contributed by atoms with Gasteiger partial charge in [-0.25, -0.2) is 8.78 Å². The second-order valence-corrected chi connectivity index (χ2v) is 5.61. The van der Waals surface area contributed by atoms with Gasteiger partial charge in [0.1, 0.15) is 5.82 Å². The largest absolute Gasteiger partial charge is 0.481 e. The highest BCUT2D eigenvalue weighted by molar-refractivity contribution is 5.77. The molecule has 2 unspecified atom stereocenters. The zero-order valence-electron chi connectivity index (χ0n) is 11.7. The van der Waals surface area contributed by atoms with Gasteiger partial charge >= 0.3 is 0 Å². The van der Waals surface area contributed by atoms with Gasteiger partial charge in [0.2, 0.25) is 0 Å². The Morgan fingerprint density at radius 1 is 1.30 bits per heavy atom. The Bertz CT molecular complexity index is 483. The number of carbonyl (C=O) groups excluding carboxylic acids is 1. The first-order valence-corrected chi connectivity index (χ1v) is 6.81. The van der Waals surface area contributed by atoms with Gasteiger partial charge in [-0.2, -0.15) is 0 Å². The molecular weight excluding hydrogens is 264 g/mol. The van der Waals surface area contributed by atoms with Gasteiger partial charge in [0.15, 0.2) is 18.2 Å². The van der Waals surface area contributed by atoms with E-state index >= 15 is 0 Å². The summed E-state index contributed by atoms with van der Waals surface area (Å²) in [5.74, 6) is -0.793. The van der Waals surface area contributed by atoms with E-state index in [1.54, 1.807) is 4.90 Å². The molecule has 1 aromatic carbocycles. The lowest BCUT2D eigenvalue weighted by Gasteiger charge is -2.34. The van der Waals surface area contributed by atoms with Crippen molar-refractivity contribution >= 4 is 5.91 Å². The second-order valence-electron chi connectivity index (χ2n) is 5.61. The van der Waals surface area contributed by atoms with Crippen molar-refractivity contribution in [2.24, 2.45) is 11.8 Å². The topological polar surface area (TPSA) is 29.5 Å². The summed E-state index contributed by atoms with van der Waals surface area (Å²) in [5, 5.41) is 0. The van der Waals surface area contributed by atoms with Crippen LogP contribution in [-0.2, 0) is 4.79 Å². The molecule has 110 valence electrons. The maximum absolute atomic E-state index is 13.4. The Morgan fingerprint density at radius 3 is 2.55 bits per heavy atom. The van der Waals surface area contributed by atoms with Crippen LogP contribution in [0, 0.1) is 23.5 Å². The van der Waals surface area contributed by atoms with E-state index in [4.69, 9.17) is 4.74 Å². The first kappa shape index (κ1) is 14.8. The Morgan fingerprint density at radius 2 is 1.95 bits per heavy atom. The molecule has 1 aromatic rings. The van der Waals surface area contributed by atoms with Gasteiger partial charge in [-0.15, -0.1) is 0 Å². The molecule has 0 aromatic heterocycles. The number of nitrogens with zero attached hydrogens (tertiary/aromatic N) is 1. The average molecular weight is 283 g/mol. The predicted octanol–water partition coefficient (Wildman–Crippen LogP) is 2.85. The van der Waals surface area contributed by atoms with E-state index in [2.05, 4.69) is 13.8 Å². The molecule has 0 aliphatic carbocycles. The number of ether oxygens (including phenoxy) is 1. The number of carbonyl (C=O) groups is 1. The van der Waals surface area contributed by atoms with Crippen molar-refractivity contribution in [3.05, 3.63) is 29.8 Å². The number of halogens is 2. The Labute approximate surface area is 117 Å². The fraction of sp³-hybridized carbons (Fsp3) is 0.533. The number of amides is 1. The van der Waals surface area contributed by atoms with Crippen molar-refractivity contribution in [2.45, 2.75) is 20.3 Å². The van der Waals surface area contributed by atoms with E-state index in [1.165, 1.54) is 6.07 Å². The van der Waals surface area contributed by atoms with E-state index in [0.29, 0.717) is 24.9 Å². The molecule has 1 amide bonds. The van der Waals surface area contributed by atoms with Gasteiger partial charge in [0.05, 0.1) is 0 Å². The van der Waals surface area contributed by atoms with Crippen LogP contribution in [0.2, 0.25) is 0 Å². The monoisotopic (exact) mass is 283 g/mol. The third-order valence-electron chi connectivity index (χ3n) is 3.47. The van der Waals surface area contributed by atoms with E-state index < -0.39 is 11.6 Å². The van der Waals surface area contributed by atoms with Gasteiger partial charge in [0, 0.05) is 19.2 Å². The molecule has 3 nitrogen and oxygen atoms in total. The Kier molecular flexibility index (Phi) is 4.57. The molecule has 5 heteroatoms. The summed E-state index contributed by atoms with van der Waals surface area (Å²) in [6.07, 6.45) is 1.11. The van der Waals surface area contributed by atoms with Crippen LogP contribution in [0.3, 0.4) is 0 Å². The summed E-state index contributed by atoms with van der Waals surface area (Å²) < 4.78 is 31.3. The Hall–Kier alpha value is -1.65. The van der Waals surface area contributed by atoms with Gasteiger partial charge in [-0.1, -0.05) is 13.8 Å². The smallest absolute Gasteiger partial charge is 0.260 e. The number of hydrogen-bond acceptors (Lipinski definition) is 2. The quantitative estimate of drug-likeness (QED) is 0.853. The SMILES string of the molecule is CC1CC(C)CN(C(=O)COc2ccc(F)cc2F)C1. The molecule has 0 N–H and O–H groups in total. The minimum absolute atomic E-state index is 0.0992. The third kappa shape index (κ3) is 3.68. The van der Waals surface area contributed by atoms with E-state index in [-0.39, 0.29) is 18.3 Å². The fourth-order valence-corrected chi connectivity index (χ4v) is 2.69. The van der Waals surface area contributed by atoms with Crippen molar-refractivity contribution in [3.8, 4) is 5.75 Å². The highest BCUT2D eigenvalue weighted by atomic mass is 19.1. The summed E-state index contributed by atoms with van der Waals surface area (Å²) in [5.41, 5.74) is 0. The zero-order valence-corrected chi connectivity index (χ0v) is 11.7. The molecule has 2 atom stereocenters. The summed E-state index contributed by atoms with van der Waals surface area (Å²) in [6, 6.07) is 3.04. The highest BCUT2D eigenvalue weighted by Gasteiger charge is 2.25. The molecule has 2 rings (SSSR count). The van der Waals surface area contributed by atoms with Crippen LogP contribution in [-0.4, -0.2) is 30.5 Å². The standard InChI is InChI=1S/C15H19F2NO2/c1-10-5-11(2)8-18(7-10)15(19)9-20-14-4-3-12(16)6-13(14)17/h3-4,6,10-11H,5,7-9H2,1-2H3. The predicted molar refractivity (Wildman–Crippen MR) is 71.4 cm³/mol. The molecule has 1 fully saturated rings. The number of piperidine rings is 1. The maximum atomic E-state index is 13.4. The molecule has 20 heavy (non-hydrogen) atoms. The first-order chi connectivity index (χ1) is 9.45. The van der Waals surface area contributed by atoms with Crippen LogP contribution in [0.15, 0.2) is 18.2 Å². The minimum Gasteiger partial charge on any atom is -0.481 e. The van der Waals surface area contributed by atoms with Crippen LogP contribution in [0.4, 0.5) is 8.78 Å². The molecule has 0 saturated carbocycles. The minimum atomic E-state index is -0.793. The maximum Gasteiger partial charge on any atom is 0.260 e. The number of hydrogen-bond donors (Lipinski definition) is 0. The summed E-state index contributed by atoms with van der Waals surface area (Å²) in [4.78, 5) is 13.8. The van der Waals surface area contributed by atoms with E-state index in [1.807, 2.05) is 0 Å². The van der Waals surface area contributed by atoms with Crippen LogP contribution >= 0.6 is 0 Å². The van der Waals surface area contributed by atoms with E-state index in [0.717, 1.165) is 18.6 Å². The lowest BCUT2D eigenvalue weighted by molar-refractivity contribution is -0.136. The van der Waals surface area contributed by atoms with Crippen molar-refractivity contribution in [2.75, 3.05) is 19.7 Å². The second kappa shape index (κ2) is 6.20. The molecule has 1 aliphatic rings. The summed E-state index contributed by atoms with van der Waals surface area (Å²) in [6.45, 7) is 5.41. The summed E-state index contributed by atoms with van der Waals surface area (Å²) in [7, 11) is 0. The van der Waals surface area contributed by atoms with Gasteiger partial charge in [0.25, 0.3) is 5.91 Å². The van der Waals surface area contributed by atoms with Crippen LogP contribution in [0.25, 0.3) is 0 Å². The molecule has 0 bridgehead atoms. The molecule has 0 spiro atoms. The van der Waals surface area contributed by atoms with Crippen LogP contribution < -0.4 is 4.74 Å². The lowest BCUT2D eigenvalue weighted by Crippen LogP contribution is -2.44. The lowest BCUT2D eigenvalue weighted by atomic mass is 9.92. The first-order valence-electron chi connectivity index (χ1n) is 6.81. The molecule has 0 radical (unpaired) electrons. The number of benzene rings is 1. The van der Waals surface area contributed by atoms with Crippen LogP contribution in [0.1, 0.15) is 20.3 Å². The Balaban J connectivity index is 1.91. The van der Waals surface area contributed by atoms with Gasteiger partial charge in [-0.05, 0) is 30.4 Å². The van der Waals surface area contributed by atoms with Gasteiger partial charge in [-0.3, -0.25) is 4.79 Å². The number of likely N-dealkylation sites (tertiary alicyclic amines) is 1. The molecule has 1 heterocycles.